The van der Waals surface area contributed by atoms with Crippen LogP contribution in [0.4, 0.5) is 0 Å². The van der Waals surface area contributed by atoms with Crippen LogP contribution in [0.2, 0.25) is 0 Å². The van der Waals surface area contributed by atoms with Gasteiger partial charge in [0.2, 0.25) is 5.91 Å². The molecule has 1 saturated carbocycles. The number of aryl methyl sites for hydroxylation is 2. The molecule has 0 spiro atoms. The van der Waals surface area contributed by atoms with Crippen molar-refractivity contribution < 1.29 is 9.53 Å². The van der Waals surface area contributed by atoms with Crippen molar-refractivity contribution >= 4 is 17.2 Å². The molecule has 122 valence electrons. The lowest BCUT2D eigenvalue weighted by molar-refractivity contribution is -0.140. The fourth-order valence-corrected chi connectivity index (χ4v) is 4.45. The van der Waals surface area contributed by atoms with Gasteiger partial charge in [0, 0.05) is 30.3 Å². The first-order valence-corrected chi connectivity index (χ1v) is 8.81. The van der Waals surface area contributed by atoms with Gasteiger partial charge in [-0.25, -0.2) is 0 Å². The lowest BCUT2D eigenvalue weighted by Gasteiger charge is -2.32. The zero-order valence-electron chi connectivity index (χ0n) is 13.3. The Morgan fingerprint density at radius 3 is 3.04 bits per heavy atom. The maximum Gasteiger partial charge on any atom is 0.226 e. The smallest absolute Gasteiger partial charge is 0.226 e. The summed E-state index contributed by atoms with van der Waals surface area (Å²) in [6, 6.07) is 2.14. The molecular formula is C16H20N4O2S. The van der Waals surface area contributed by atoms with E-state index in [9.17, 15) is 4.79 Å². The van der Waals surface area contributed by atoms with E-state index >= 15 is 0 Å². The van der Waals surface area contributed by atoms with Crippen LogP contribution in [-0.2, 0) is 16.6 Å². The highest BCUT2D eigenvalue weighted by Crippen LogP contribution is 2.51. The quantitative estimate of drug-likeness (QED) is 0.861. The minimum absolute atomic E-state index is 0.144. The Bertz CT molecular complexity index is 725. The van der Waals surface area contributed by atoms with Crippen LogP contribution >= 0.6 is 11.3 Å². The Morgan fingerprint density at radius 2 is 2.35 bits per heavy atom. The highest BCUT2D eigenvalue weighted by atomic mass is 32.1. The van der Waals surface area contributed by atoms with E-state index in [2.05, 4.69) is 28.6 Å². The Hall–Kier alpha value is -1.73. The number of hydrogen-bond acceptors (Lipinski definition) is 5. The number of ether oxygens (including phenoxy) is 1. The van der Waals surface area contributed by atoms with Crippen molar-refractivity contribution in [3.05, 3.63) is 34.0 Å². The normalized spacial score (nSPS) is 27.2. The van der Waals surface area contributed by atoms with Crippen molar-refractivity contribution in [3.8, 4) is 0 Å². The van der Waals surface area contributed by atoms with Gasteiger partial charge in [0.05, 0.1) is 13.2 Å². The first kappa shape index (κ1) is 14.8. The van der Waals surface area contributed by atoms with E-state index in [0.29, 0.717) is 25.6 Å². The monoisotopic (exact) mass is 332 g/mol. The maximum atomic E-state index is 12.8. The second-order valence-electron chi connectivity index (χ2n) is 6.36. The summed E-state index contributed by atoms with van der Waals surface area (Å²) < 4.78 is 7.64. The fraction of sp³-hybridized carbons (Fsp3) is 0.562. The summed E-state index contributed by atoms with van der Waals surface area (Å²) in [6.07, 6.45) is 2.46. The molecule has 1 aliphatic heterocycles. The Morgan fingerprint density at radius 1 is 1.48 bits per heavy atom. The number of aromatic nitrogens is 3. The van der Waals surface area contributed by atoms with E-state index in [1.54, 1.807) is 17.7 Å². The maximum absolute atomic E-state index is 12.8. The molecule has 2 aromatic heterocycles. The van der Waals surface area contributed by atoms with Crippen LogP contribution in [-0.4, -0.2) is 45.3 Å². The van der Waals surface area contributed by atoms with Crippen molar-refractivity contribution in [3.63, 3.8) is 0 Å². The van der Waals surface area contributed by atoms with E-state index < -0.39 is 0 Å². The molecule has 2 aromatic rings. The molecule has 23 heavy (non-hydrogen) atoms. The van der Waals surface area contributed by atoms with Gasteiger partial charge in [-0.15, -0.1) is 21.5 Å². The first-order valence-electron chi connectivity index (χ1n) is 7.93. The third-order valence-corrected chi connectivity index (χ3v) is 5.91. The summed E-state index contributed by atoms with van der Waals surface area (Å²) in [7, 11) is 1.90. The van der Waals surface area contributed by atoms with Gasteiger partial charge < -0.3 is 14.2 Å². The number of hydrogen-bond donors (Lipinski definition) is 0. The van der Waals surface area contributed by atoms with Crippen LogP contribution in [0.3, 0.4) is 0 Å². The SMILES string of the molecule is Cc1ccsc1[C@@H]1C[C@H]1C(=O)N1CCO[C@H](c2nncn2C)C1. The largest absolute Gasteiger partial charge is 0.366 e. The summed E-state index contributed by atoms with van der Waals surface area (Å²) >= 11 is 1.77. The topological polar surface area (TPSA) is 60.3 Å². The number of rotatable bonds is 3. The number of carbonyl (C=O) groups is 1. The van der Waals surface area contributed by atoms with Crippen molar-refractivity contribution in [2.24, 2.45) is 13.0 Å². The van der Waals surface area contributed by atoms with Crippen LogP contribution in [0, 0.1) is 12.8 Å². The summed E-state index contributed by atoms with van der Waals surface area (Å²) in [5, 5.41) is 10.1. The molecule has 7 heteroatoms. The predicted octanol–water partition coefficient (Wildman–Crippen LogP) is 1.89. The average Bonchev–Trinajstić information content (AvgIpc) is 3.04. The molecule has 1 saturated heterocycles. The minimum atomic E-state index is -0.180. The number of amides is 1. The number of carbonyl (C=O) groups excluding carboxylic acids is 1. The van der Waals surface area contributed by atoms with Crippen LogP contribution in [0.15, 0.2) is 17.8 Å². The predicted molar refractivity (Wildman–Crippen MR) is 86.2 cm³/mol. The van der Waals surface area contributed by atoms with Gasteiger partial charge in [-0.05, 0) is 30.4 Å². The van der Waals surface area contributed by atoms with Gasteiger partial charge in [-0.2, -0.15) is 0 Å². The first-order chi connectivity index (χ1) is 11.1. The van der Waals surface area contributed by atoms with Crippen LogP contribution < -0.4 is 0 Å². The summed E-state index contributed by atoms with van der Waals surface area (Å²) in [5.74, 6) is 1.60. The minimum Gasteiger partial charge on any atom is -0.366 e. The fourth-order valence-electron chi connectivity index (χ4n) is 3.35. The second-order valence-corrected chi connectivity index (χ2v) is 7.31. The van der Waals surface area contributed by atoms with E-state index in [1.807, 2.05) is 16.5 Å². The molecule has 1 aliphatic carbocycles. The summed E-state index contributed by atoms with van der Waals surface area (Å²) in [4.78, 5) is 16.1. The van der Waals surface area contributed by atoms with Crippen molar-refractivity contribution in [2.45, 2.75) is 25.4 Å². The van der Waals surface area contributed by atoms with E-state index in [4.69, 9.17) is 4.74 Å². The molecule has 3 heterocycles. The molecule has 1 amide bonds. The van der Waals surface area contributed by atoms with Crippen molar-refractivity contribution in [2.75, 3.05) is 19.7 Å². The molecule has 0 unspecified atom stereocenters. The lowest BCUT2D eigenvalue weighted by atomic mass is 10.1. The zero-order chi connectivity index (χ0) is 16.0. The van der Waals surface area contributed by atoms with Gasteiger partial charge in [-0.3, -0.25) is 4.79 Å². The van der Waals surface area contributed by atoms with Gasteiger partial charge in [0.25, 0.3) is 0 Å². The molecular weight excluding hydrogens is 312 g/mol. The lowest BCUT2D eigenvalue weighted by Crippen LogP contribution is -2.43. The third-order valence-electron chi connectivity index (χ3n) is 4.76. The standard InChI is InChI=1S/C16H20N4O2S/c1-10-3-6-23-14(10)11-7-12(11)16(21)20-4-5-22-13(8-20)15-18-17-9-19(15)2/h3,6,9,11-13H,4-5,7-8H2,1-2H3/t11-,12-,13+/m1/s1. The van der Waals surface area contributed by atoms with Crippen LogP contribution in [0.5, 0.6) is 0 Å². The third kappa shape index (κ3) is 2.68. The molecule has 3 atom stereocenters. The Kier molecular flexibility index (Phi) is 3.69. The van der Waals surface area contributed by atoms with Gasteiger partial charge in [-0.1, -0.05) is 0 Å². The number of nitrogens with zero attached hydrogens (tertiary/aromatic N) is 4. The van der Waals surface area contributed by atoms with E-state index in [-0.39, 0.29) is 17.9 Å². The van der Waals surface area contributed by atoms with E-state index in [0.717, 1.165) is 12.2 Å². The van der Waals surface area contributed by atoms with Crippen LogP contribution in [0.1, 0.15) is 34.7 Å². The molecule has 0 N–H and O–H groups in total. The van der Waals surface area contributed by atoms with E-state index in [1.165, 1.54) is 10.4 Å². The molecule has 0 aromatic carbocycles. The van der Waals surface area contributed by atoms with Crippen molar-refractivity contribution in [1.29, 1.82) is 0 Å². The number of morpholine rings is 1. The van der Waals surface area contributed by atoms with Crippen LogP contribution in [0.25, 0.3) is 0 Å². The molecule has 4 rings (SSSR count). The van der Waals surface area contributed by atoms with Crippen molar-refractivity contribution in [1.82, 2.24) is 19.7 Å². The Balaban J connectivity index is 1.43. The molecule has 6 nitrogen and oxygen atoms in total. The Labute approximate surface area is 139 Å². The zero-order valence-corrected chi connectivity index (χ0v) is 14.1. The van der Waals surface area contributed by atoms with Gasteiger partial charge in [0.15, 0.2) is 5.82 Å². The molecule has 2 fully saturated rings. The summed E-state index contributed by atoms with van der Waals surface area (Å²) in [5.41, 5.74) is 1.31. The van der Waals surface area contributed by atoms with Gasteiger partial charge in [0.1, 0.15) is 12.4 Å². The molecule has 0 radical (unpaired) electrons. The molecule has 2 aliphatic rings. The number of thiophene rings is 1. The highest BCUT2D eigenvalue weighted by Gasteiger charge is 2.47. The summed E-state index contributed by atoms with van der Waals surface area (Å²) in [6.45, 7) is 3.92. The highest BCUT2D eigenvalue weighted by molar-refractivity contribution is 7.10. The average molecular weight is 332 g/mol. The molecule has 0 bridgehead atoms. The van der Waals surface area contributed by atoms with Gasteiger partial charge >= 0.3 is 0 Å². The second kappa shape index (κ2) is 5.72.